The van der Waals surface area contributed by atoms with Gasteiger partial charge in [0.1, 0.15) is 0 Å². The Morgan fingerprint density at radius 3 is 2.45 bits per heavy atom. The van der Waals surface area contributed by atoms with Gasteiger partial charge in [0.25, 0.3) is 5.91 Å². The van der Waals surface area contributed by atoms with Crippen LogP contribution in [0.15, 0.2) is 77.6 Å². The number of amides is 1. The average molecular weight is 411 g/mol. The number of rotatable bonds is 5. The Hall–Kier alpha value is -2.86. The number of nitrogens with zero attached hydrogens (tertiary/aromatic N) is 2. The molecule has 0 radical (unpaired) electrons. The van der Waals surface area contributed by atoms with Crippen molar-refractivity contribution >= 4 is 36.0 Å². The fourth-order valence-electron chi connectivity index (χ4n) is 2.36. The first kappa shape index (κ1) is 24.2. The Morgan fingerprint density at radius 2 is 1.97 bits per heavy atom. The normalized spacial score (nSPS) is 15.9. The Bertz CT molecular complexity index is 788. The fourth-order valence-corrected chi connectivity index (χ4v) is 2.99. The van der Waals surface area contributed by atoms with Gasteiger partial charge < -0.3 is 15.0 Å². The summed E-state index contributed by atoms with van der Waals surface area (Å²) < 4.78 is 2.21. The number of benzene rings is 1. The highest BCUT2D eigenvalue weighted by molar-refractivity contribution is 8.02. The molecule has 1 fully saturated rings. The topological polar surface area (TPSA) is 68.6 Å². The lowest BCUT2D eigenvalue weighted by molar-refractivity contribution is 0.0967. The molecule has 1 aromatic rings. The minimum absolute atomic E-state index is 0.133. The van der Waals surface area contributed by atoms with Gasteiger partial charge in [-0.15, -0.1) is 0 Å². The molecule has 0 saturated carbocycles. The second-order valence-corrected chi connectivity index (χ2v) is 6.78. The number of hydrogen-bond donors (Lipinski definition) is 2. The summed E-state index contributed by atoms with van der Waals surface area (Å²) in [6.45, 7) is 10.4. The third kappa shape index (κ3) is 8.35. The van der Waals surface area contributed by atoms with E-state index in [0.29, 0.717) is 11.3 Å². The molecule has 2 aliphatic heterocycles. The quantitative estimate of drug-likeness (QED) is 0.380. The second kappa shape index (κ2) is 14.2. The van der Waals surface area contributed by atoms with Gasteiger partial charge >= 0.3 is 0 Å². The third-order valence-corrected chi connectivity index (χ3v) is 4.71. The molecule has 0 atom stereocenters. The lowest BCUT2D eigenvalue weighted by Gasteiger charge is -2.31. The molecule has 154 valence electrons. The number of carbonyl (C=O) groups is 1. The zero-order valence-electron chi connectivity index (χ0n) is 17.4. The Labute approximate surface area is 178 Å². The van der Waals surface area contributed by atoms with Crippen molar-refractivity contribution in [2.45, 2.75) is 27.2 Å². The Kier molecular flexibility index (Phi) is 11.8. The van der Waals surface area contributed by atoms with E-state index in [-0.39, 0.29) is 5.91 Å². The van der Waals surface area contributed by atoms with Gasteiger partial charge in [-0.3, -0.25) is 9.79 Å². The molecular weight excluding hydrogens is 380 g/mol. The van der Waals surface area contributed by atoms with E-state index in [1.54, 1.807) is 43.4 Å². The van der Waals surface area contributed by atoms with Gasteiger partial charge in [-0.1, -0.05) is 32.6 Å². The molecule has 2 N–H and O–H groups in total. The van der Waals surface area contributed by atoms with Crippen molar-refractivity contribution in [3.63, 3.8) is 0 Å². The van der Waals surface area contributed by atoms with Gasteiger partial charge in [-0.2, -0.15) is 0 Å². The maximum absolute atomic E-state index is 12.5. The summed E-state index contributed by atoms with van der Waals surface area (Å²) in [5.74, 6) is 1.02. The van der Waals surface area contributed by atoms with Crippen LogP contribution in [-0.2, 0) is 0 Å². The average Bonchev–Trinajstić information content (AvgIpc) is 2.70. The summed E-state index contributed by atoms with van der Waals surface area (Å²) in [5.41, 5.74) is 3.51. The van der Waals surface area contributed by atoms with E-state index in [9.17, 15) is 4.79 Å². The van der Waals surface area contributed by atoms with Crippen molar-refractivity contribution < 1.29 is 4.79 Å². The van der Waals surface area contributed by atoms with Crippen molar-refractivity contribution in [3.05, 3.63) is 78.2 Å². The molecule has 0 bridgehead atoms. The first-order valence-electron chi connectivity index (χ1n) is 9.66. The van der Waals surface area contributed by atoms with Gasteiger partial charge in [0, 0.05) is 41.7 Å². The van der Waals surface area contributed by atoms with E-state index in [2.05, 4.69) is 21.2 Å². The highest BCUT2D eigenvalue weighted by Crippen LogP contribution is 2.29. The molecule has 1 saturated heterocycles. The minimum Gasteiger partial charge on any atom is -0.322 e. The summed E-state index contributed by atoms with van der Waals surface area (Å²) in [6, 6.07) is 7.67. The number of allylic oxidation sites excluding steroid dienone is 5. The summed E-state index contributed by atoms with van der Waals surface area (Å²) in [5, 5.41) is 9.01. The largest absolute Gasteiger partial charge is 0.322 e. The van der Waals surface area contributed by atoms with Crippen LogP contribution in [0.5, 0.6) is 0 Å². The molecule has 6 heteroatoms. The summed E-state index contributed by atoms with van der Waals surface area (Å²) in [4.78, 5) is 16.6. The van der Waals surface area contributed by atoms with Crippen LogP contribution < -0.4 is 9.62 Å². The monoisotopic (exact) mass is 410 g/mol. The highest BCUT2D eigenvalue weighted by atomic mass is 32.2. The van der Waals surface area contributed by atoms with Crippen LogP contribution in [-0.4, -0.2) is 30.6 Å². The molecule has 5 nitrogen and oxygen atoms in total. The molecule has 1 amide bonds. The van der Waals surface area contributed by atoms with Gasteiger partial charge in [-0.25, -0.2) is 0 Å². The van der Waals surface area contributed by atoms with Crippen molar-refractivity contribution in [3.8, 4) is 0 Å². The summed E-state index contributed by atoms with van der Waals surface area (Å²) in [7, 11) is 0. The number of hydrogen-bond acceptors (Lipinski definition) is 5. The van der Waals surface area contributed by atoms with Crippen LogP contribution in [0.2, 0.25) is 0 Å². The molecule has 2 aliphatic rings. The Morgan fingerprint density at radius 1 is 1.31 bits per heavy atom. The molecule has 29 heavy (non-hydrogen) atoms. The smallest absolute Gasteiger partial charge is 0.255 e. The van der Waals surface area contributed by atoms with Gasteiger partial charge in [0.05, 0.1) is 0 Å². The molecule has 0 spiro atoms. The molecule has 3 rings (SSSR count). The van der Waals surface area contributed by atoms with Crippen LogP contribution in [0.1, 0.15) is 37.6 Å². The predicted octanol–water partition coefficient (Wildman–Crippen LogP) is 5.55. The Balaban J connectivity index is 0.000000771. The fraction of sp³-hybridized carbons (Fsp3) is 0.261. The third-order valence-electron chi connectivity index (χ3n) is 3.64. The molecular formula is C23H30N4OS. The summed E-state index contributed by atoms with van der Waals surface area (Å²) >= 11 is 1.80. The van der Waals surface area contributed by atoms with E-state index >= 15 is 0 Å². The minimum atomic E-state index is -0.133. The van der Waals surface area contributed by atoms with Crippen molar-refractivity contribution in [1.82, 2.24) is 5.32 Å². The van der Waals surface area contributed by atoms with E-state index in [1.807, 2.05) is 50.3 Å². The maximum Gasteiger partial charge on any atom is 0.255 e. The first-order chi connectivity index (χ1) is 14.2. The zero-order chi connectivity index (χ0) is 21.5. The van der Waals surface area contributed by atoms with Crippen molar-refractivity contribution in [2.24, 2.45) is 4.99 Å². The van der Waals surface area contributed by atoms with Crippen LogP contribution in [0, 0.1) is 5.41 Å². The lowest BCUT2D eigenvalue weighted by atomic mass is 10.1. The lowest BCUT2D eigenvalue weighted by Crippen LogP contribution is -2.29. The standard InChI is InChI=1S/C19H19N3OS.C2H5N.C2H6/c1-2-4-17(13-15-5-3-10-20-14-15)21-19(23)16-6-8-18(9-7-16)22-11-12-24-22;1-2-3;1-2/h2-4,6-10,13-14H,1,5,11-12H2,(H,21,23);2-3H,1H3;1-2H3/b15-13+,17-4+;;. The molecule has 1 aromatic carbocycles. The van der Waals surface area contributed by atoms with E-state index < -0.39 is 0 Å². The molecule has 0 aromatic heterocycles. The van der Waals surface area contributed by atoms with Crippen LogP contribution >= 0.6 is 11.9 Å². The first-order valence-corrected chi connectivity index (χ1v) is 10.6. The highest BCUT2D eigenvalue weighted by Gasteiger charge is 2.16. The van der Waals surface area contributed by atoms with E-state index in [4.69, 9.17) is 5.41 Å². The van der Waals surface area contributed by atoms with Crippen LogP contribution in [0.4, 0.5) is 5.69 Å². The number of carbonyl (C=O) groups excluding carboxylic acids is 1. The number of anilines is 1. The van der Waals surface area contributed by atoms with E-state index in [1.165, 1.54) is 6.21 Å². The maximum atomic E-state index is 12.5. The van der Waals surface area contributed by atoms with Crippen LogP contribution in [0.25, 0.3) is 0 Å². The predicted molar refractivity (Wildman–Crippen MR) is 128 cm³/mol. The van der Waals surface area contributed by atoms with Gasteiger partial charge in [0.15, 0.2) is 0 Å². The van der Waals surface area contributed by atoms with E-state index in [0.717, 1.165) is 30.0 Å². The number of aliphatic imine (C=N–C) groups is 1. The molecule has 0 unspecified atom stereocenters. The van der Waals surface area contributed by atoms with Gasteiger partial charge in [0.2, 0.25) is 0 Å². The van der Waals surface area contributed by atoms with Crippen molar-refractivity contribution in [2.75, 3.05) is 16.6 Å². The molecule has 2 heterocycles. The summed E-state index contributed by atoms with van der Waals surface area (Å²) in [6.07, 6.45) is 12.9. The van der Waals surface area contributed by atoms with Crippen LogP contribution in [0.3, 0.4) is 0 Å². The molecule has 0 aliphatic carbocycles. The SMILES string of the molecule is C=C/C=C(\C=C1\C=NC=CC1)NC(=O)c1ccc(N2CCS2)cc1.CC.CC=N. The van der Waals surface area contributed by atoms with Gasteiger partial charge in [-0.05, 0) is 73.5 Å². The second-order valence-electron chi connectivity index (χ2n) is 5.67. The van der Waals surface area contributed by atoms with Crippen molar-refractivity contribution in [1.29, 1.82) is 5.41 Å². The number of nitrogens with one attached hydrogen (secondary N) is 2. The zero-order valence-corrected chi connectivity index (χ0v) is 18.2.